The predicted octanol–water partition coefficient (Wildman–Crippen LogP) is 3.82. The van der Waals surface area contributed by atoms with E-state index in [9.17, 15) is 18.0 Å². The lowest BCUT2D eigenvalue weighted by Crippen LogP contribution is -2.54. The Labute approximate surface area is 217 Å². The molecule has 2 rings (SSSR count). The molecule has 0 bridgehead atoms. The molecule has 0 saturated carbocycles. The molecule has 9 heteroatoms. The van der Waals surface area contributed by atoms with E-state index in [0.29, 0.717) is 25.1 Å². The zero-order chi connectivity index (χ0) is 25.3. The van der Waals surface area contributed by atoms with Crippen LogP contribution in [-0.2, 0) is 26.0 Å². The summed E-state index contributed by atoms with van der Waals surface area (Å²) in [5.41, 5.74) is 1.45. The number of nitrogens with one attached hydrogen (secondary N) is 1. The fraction of sp³-hybridized carbons (Fsp3) is 0.440. The molecule has 0 radical (unpaired) electrons. The van der Waals surface area contributed by atoms with Crippen LogP contribution in [-0.4, -0.2) is 56.6 Å². The van der Waals surface area contributed by atoms with Crippen LogP contribution in [0.5, 0.6) is 0 Å². The van der Waals surface area contributed by atoms with Gasteiger partial charge in [-0.3, -0.25) is 13.9 Å². The maximum Gasteiger partial charge on any atom is 0.244 e. The van der Waals surface area contributed by atoms with Crippen LogP contribution >= 0.6 is 22.6 Å². The van der Waals surface area contributed by atoms with Crippen molar-refractivity contribution in [2.75, 3.05) is 23.7 Å². The molecule has 34 heavy (non-hydrogen) atoms. The number of sulfonamides is 1. The Bertz CT molecular complexity index is 1050. The van der Waals surface area contributed by atoms with Gasteiger partial charge in [0.1, 0.15) is 12.6 Å². The van der Waals surface area contributed by atoms with Gasteiger partial charge in [0.25, 0.3) is 0 Å². The number of amides is 2. The van der Waals surface area contributed by atoms with Gasteiger partial charge in [0, 0.05) is 16.2 Å². The molecule has 186 valence electrons. The molecule has 2 amide bonds. The first kappa shape index (κ1) is 28.1. The van der Waals surface area contributed by atoms with E-state index in [4.69, 9.17) is 0 Å². The Morgan fingerprint density at radius 2 is 1.62 bits per heavy atom. The Kier molecular flexibility index (Phi) is 10.8. The first-order valence-electron chi connectivity index (χ1n) is 11.4. The minimum absolute atomic E-state index is 0.0214. The van der Waals surface area contributed by atoms with Gasteiger partial charge in [0.15, 0.2) is 0 Å². The Morgan fingerprint density at radius 3 is 2.15 bits per heavy atom. The number of nitrogens with zero attached hydrogens (tertiary/aromatic N) is 2. The van der Waals surface area contributed by atoms with Crippen molar-refractivity contribution in [2.45, 2.75) is 52.1 Å². The Morgan fingerprint density at radius 1 is 1.00 bits per heavy atom. The molecule has 2 aromatic carbocycles. The zero-order valence-electron chi connectivity index (χ0n) is 20.2. The SMILES string of the molecule is CC[C@H](C(=O)N[C@@H](C)CC)N(CCc1ccccc1)C(=O)CN(c1ccc(I)cc1)S(C)(=O)=O. The maximum atomic E-state index is 13.6. The summed E-state index contributed by atoms with van der Waals surface area (Å²) >= 11 is 2.14. The highest BCUT2D eigenvalue weighted by Crippen LogP contribution is 2.20. The molecule has 0 aliphatic carbocycles. The fourth-order valence-electron chi connectivity index (χ4n) is 3.56. The standard InChI is InChI=1S/C25H34IN3O4S/c1-5-19(3)27-25(31)23(6-2)28(17-16-20-10-8-7-9-11-20)24(30)18-29(34(4,32)33)22-14-12-21(26)13-15-22/h7-15,19,23H,5-6,16-18H2,1-4H3,(H,27,31)/t19-,23+/m0/s1. The van der Waals surface area contributed by atoms with Gasteiger partial charge in [-0.1, -0.05) is 44.2 Å². The molecule has 2 aromatic rings. The third kappa shape index (κ3) is 8.26. The van der Waals surface area contributed by atoms with Crippen LogP contribution in [0.15, 0.2) is 54.6 Å². The molecule has 0 aliphatic rings. The van der Waals surface area contributed by atoms with Crippen molar-refractivity contribution in [3.05, 3.63) is 63.7 Å². The van der Waals surface area contributed by atoms with Crippen LogP contribution < -0.4 is 9.62 Å². The smallest absolute Gasteiger partial charge is 0.244 e. The summed E-state index contributed by atoms with van der Waals surface area (Å²) in [6, 6.07) is 15.9. The van der Waals surface area contributed by atoms with Gasteiger partial charge in [-0.05, 0) is 78.6 Å². The van der Waals surface area contributed by atoms with Gasteiger partial charge < -0.3 is 10.2 Å². The van der Waals surface area contributed by atoms with Crippen LogP contribution in [0.3, 0.4) is 0 Å². The molecule has 0 aromatic heterocycles. The van der Waals surface area contributed by atoms with E-state index in [1.165, 1.54) is 4.90 Å². The molecule has 0 spiro atoms. The number of rotatable bonds is 12. The van der Waals surface area contributed by atoms with Crippen LogP contribution in [0.1, 0.15) is 39.2 Å². The summed E-state index contributed by atoms with van der Waals surface area (Å²) in [4.78, 5) is 28.1. The van der Waals surface area contributed by atoms with E-state index in [1.807, 2.05) is 51.1 Å². The lowest BCUT2D eigenvalue weighted by Gasteiger charge is -2.33. The highest BCUT2D eigenvalue weighted by molar-refractivity contribution is 14.1. The van der Waals surface area contributed by atoms with E-state index in [0.717, 1.165) is 26.1 Å². The molecule has 0 fully saturated rings. The average Bonchev–Trinajstić information content (AvgIpc) is 2.80. The van der Waals surface area contributed by atoms with Crippen LogP contribution in [0.4, 0.5) is 5.69 Å². The van der Waals surface area contributed by atoms with E-state index in [-0.39, 0.29) is 18.5 Å². The highest BCUT2D eigenvalue weighted by atomic mass is 127. The third-order valence-corrected chi connectivity index (χ3v) is 7.52. The molecule has 2 atom stereocenters. The minimum atomic E-state index is -3.72. The predicted molar refractivity (Wildman–Crippen MR) is 145 cm³/mol. The number of carbonyl (C=O) groups excluding carboxylic acids is 2. The normalized spacial score (nSPS) is 13.1. The largest absolute Gasteiger partial charge is 0.352 e. The number of hydrogen-bond donors (Lipinski definition) is 1. The van der Waals surface area contributed by atoms with E-state index >= 15 is 0 Å². The van der Waals surface area contributed by atoms with E-state index in [2.05, 4.69) is 27.9 Å². The first-order valence-corrected chi connectivity index (χ1v) is 14.4. The fourth-order valence-corrected chi connectivity index (χ4v) is 4.77. The summed E-state index contributed by atoms with van der Waals surface area (Å²) in [6.07, 6.45) is 2.83. The lowest BCUT2D eigenvalue weighted by molar-refractivity contribution is -0.139. The molecule has 0 saturated heterocycles. The molecule has 0 heterocycles. The summed E-state index contributed by atoms with van der Waals surface area (Å²) < 4.78 is 27.2. The quantitative estimate of drug-likeness (QED) is 0.376. The van der Waals surface area contributed by atoms with Gasteiger partial charge in [-0.2, -0.15) is 0 Å². The second kappa shape index (κ2) is 13.1. The van der Waals surface area contributed by atoms with Gasteiger partial charge in [-0.25, -0.2) is 8.42 Å². The van der Waals surface area contributed by atoms with E-state index < -0.39 is 22.0 Å². The number of carbonyl (C=O) groups is 2. The molecule has 0 aliphatic heterocycles. The third-order valence-electron chi connectivity index (χ3n) is 5.66. The van der Waals surface area contributed by atoms with Crippen molar-refractivity contribution in [3.63, 3.8) is 0 Å². The highest BCUT2D eigenvalue weighted by Gasteiger charge is 2.31. The van der Waals surface area contributed by atoms with Crippen molar-refractivity contribution < 1.29 is 18.0 Å². The summed E-state index contributed by atoms with van der Waals surface area (Å²) in [7, 11) is -3.72. The molecule has 1 N–H and O–H groups in total. The second-order valence-electron chi connectivity index (χ2n) is 8.31. The average molecular weight is 600 g/mol. The molecular weight excluding hydrogens is 565 g/mol. The van der Waals surface area contributed by atoms with Crippen molar-refractivity contribution in [2.24, 2.45) is 0 Å². The van der Waals surface area contributed by atoms with Gasteiger partial charge in [0.2, 0.25) is 21.8 Å². The van der Waals surface area contributed by atoms with E-state index in [1.54, 1.807) is 24.3 Å². The molecule has 7 nitrogen and oxygen atoms in total. The number of anilines is 1. The van der Waals surface area contributed by atoms with Gasteiger partial charge >= 0.3 is 0 Å². The van der Waals surface area contributed by atoms with Crippen LogP contribution in [0.2, 0.25) is 0 Å². The van der Waals surface area contributed by atoms with Crippen molar-refractivity contribution >= 4 is 50.1 Å². The van der Waals surface area contributed by atoms with Crippen LogP contribution in [0.25, 0.3) is 0 Å². The van der Waals surface area contributed by atoms with Gasteiger partial charge in [-0.15, -0.1) is 0 Å². The maximum absolute atomic E-state index is 13.6. The summed E-state index contributed by atoms with van der Waals surface area (Å²) in [6.45, 7) is 5.69. The second-order valence-corrected chi connectivity index (χ2v) is 11.5. The Balaban J connectivity index is 2.34. The summed E-state index contributed by atoms with van der Waals surface area (Å²) in [5, 5.41) is 2.97. The monoisotopic (exact) mass is 599 g/mol. The topological polar surface area (TPSA) is 86.8 Å². The number of hydrogen-bond acceptors (Lipinski definition) is 4. The van der Waals surface area contributed by atoms with Crippen molar-refractivity contribution in [1.29, 1.82) is 0 Å². The molecule has 0 unspecified atom stereocenters. The van der Waals surface area contributed by atoms with Gasteiger partial charge in [0.05, 0.1) is 11.9 Å². The van der Waals surface area contributed by atoms with Crippen molar-refractivity contribution in [3.8, 4) is 0 Å². The minimum Gasteiger partial charge on any atom is -0.352 e. The number of benzene rings is 2. The first-order chi connectivity index (χ1) is 16.1. The molecular formula is C25H34IN3O4S. The van der Waals surface area contributed by atoms with Crippen LogP contribution in [0, 0.1) is 3.57 Å². The zero-order valence-corrected chi connectivity index (χ0v) is 23.2. The van der Waals surface area contributed by atoms with Crippen molar-refractivity contribution in [1.82, 2.24) is 10.2 Å². The summed E-state index contributed by atoms with van der Waals surface area (Å²) in [5.74, 6) is -0.635. The Hall–Kier alpha value is -2.14. The lowest BCUT2D eigenvalue weighted by atomic mass is 10.1. The number of halogens is 1.